The molecule has 1 aliphatic heterocycles. The number of anilines is 2. The third kappa shape index (κ3) is 2.02. The molecule has 0 aliphatic carbocycles. The number of amides is 1. The quantitative estimate of drug-likeness (QED) is 0.757. The largest absolute Gasteiger partial charge is 0.399 e. The first-order valence-electron chi connectivity index (χ1n) is 6.16. The number of carbonyl (C=O) groups is 1. The summed E-state index contributed by atoms with van der Waals surface area (Å²) in [5, 5.41) is 0. The van der Waals surface area contributed by atoms with Crippen LogP contribution in [0.25, 0.3) is 0 Å². The Bertz CT molecular complexity index is 452. The Morgan fingerprint density at radius 2 is 2.12 bits per heavy atom. The normalized spacial score (nSPS) is 18.8. The lowest BCUT2D eigenvalue weighted by Gasteiger charge is -2.27. The average Bonchev–Trinajstić information content (AvgIpc) is 2.37. The minimum atomic E-state index is 0.00426. The minimum Gasteiger partial charge on any atom is -0.399 e. The van der Waals surface area contributed by atoms with E-state index < -0.39 is 0 Å². The summed E-state index contributed by atoms with van der Waals surface area (Å²) in [6, 6.07) is 5.85. The van der Waals surface area contributed by atoms with Crippen molar-refractivity contribution in [2.75, 3.05) is 17.2 Å². The van der Waals surface area contributed by atoms with Crippen molar-refractivity contribution >= 4 is 17.3 Å². The number of nitrogens with zero attached hydrogens (tertiary/aromatic N) is 1. The SMILES string of the molecule is CCN1C(=O)CCC(C)(C)c2cc(N)ccc21. The Morgan fingerprint density at radius 1 is 1.41 bits per heavy atom. The maximum Gasteiger partial charge on any atom is 0.227 e. The van der Waals surface area contributed by atoms with Crippen molar-refractivity contribution in [1.82, 2.24) is 0 Å². The molecule has 2 rings (SSSR count). The highest BCUT2D eigenvalue weighted by atomic mass is 16.2. The molecule has 0 aromatic heterocycles. The summed E-state index contributed by atoms with van der Waals surface area (Å²) in [6.45, 7) is 7.08. The van der Waals surface area contributed by atoms with Gasteiger partial charge in [-0.1, -0.05) is 13.8 Å². The number of nitrogen functional groups attached to an aromatic ring is 1. The highest BCUT2D eigenvalue weighted by molar-refractivity contribution is 5.95. The molecule has 0 fully saturated rings. The van der Waals surface area contributed by atoms with Crippen molar-refractivity contribution in [2.45, 2.75) is 39.0 Å². The molecule has 0 unspecified atom stereocenters. The second-order valence-corrected chi connectivity index (χ2v) is 5.30. The molecule has 1 amide bonds. The van der Waals surface area contributed by atoms with Gasteiger partial charge in [0.1, 0.15) is 0 Å². The molecule has 1 aliphatic rings. The topological polar surface area (TPSA) is 46.3 Å². The molecule has 1 aromatic carbocycles. The minimum absolute atomic E-state index is 0.00426. The second kappa shape index (κ2) is 4.06. The van der Waals surface area contributed by atoms with Gasteiger partial charge in [0, 0.05) is 24.3 Å². The molecule has 0 atom stereocenters. The van der Waals surface area contributed by atoms with Crippen molar-refractivity contribution in [3.05, 3.63) is 23.8 Å². The van der Waals surface area contributed by atoms with Crippen LogP contribution in [0.15, 0.2) is 18.2 Å². The third-order valence-electron chi connectivity index (χ3n) is 3.62. The van der Waals surface area contributed by atoms with Crippen LogP contribution in [0.2, 0.25) is 0 Å². The molecular weight excluding hydrogens is 212 g/mol. The maximum atomic E-state index is 12.1. The van der Waals surface area contributed by atoms with E-state index in [0.29, 0.717) is 13.0 Å². The van der Waals surface area contributed by atoms with E-state index in [1.165, 1.54) is 5.56 Å². The van der Waals surface area contributed by atoms with Gasteiger partial charge in [-0.15, -0.1) is 0 Å². The summed E-state index contributed by atoms with van der Waals surface area (Å²) >= 11 is 0. The molecule has 3 nitrogen and oxygen atoms in total. The number of benzene rings is 1. The Kier molecular flexibility index (Phi) is 2.86. The number of fused-ring (bicyclic) bond motifs is 1. The van der Waals surface area contributed by atoms with Crippen molar-refractivity contribution in [1.29, 1.82) is 0 Å². The summed E-state index contributed by atoms with van der Waals surface area (Å²) < 4.78 is 0. The van der Waals surface area contributed by atoms with Crippen LogP contribution in [-0.4, -0.2) is 12.5 Å². The molecule has 0 saturated carbocycles. The number of rotatable bonds is 1. The zero-order valence-electron chi connectivity index (χ0n) is 10.8. The summed E-state index contributed by atoms with van der Waals surface area (Å²) in [4.78, 5) is 13.9. The molecule has 1 aromatic rings. The van der Waals surface area contributed by atoms with Gasteiger partial charge in [0.05, 0.1) is 0 Å². The Hall–Kier alpha value is -1.51. The monoisotopic (exact) mass is 232 g/mol. The molecule has 2 N–H and O–H groups in total. The lowest BCUT2D eigenvalue weighted by Crippen LogP contribution is -2.29. The van der Waals surface area contributed by atoms with E-state index in [-0.39, 0.29) is 11.3 Å². The standard InChI is InChI=1S/C14H20N2O/c1-4-16-12-6-5-10(15)9-11(12)14(2,3)8-7-13(16)17/h5-6,9H,4,7-8,15H2,1-3H3. The van der Waals surface area contributed by atoms with Crippen LogP contribution in [-0.2, 0) is 10.2 Å². The Labute approximate surface area is 103 Å². The lowest BCUT2D eigenvalue weighted by atomic mass is 9.80. The molecule has 0 bridgehead atoms. The van der Waals surface area contributed by atoms with E-state index in [1.54, 1.807) is 0 Å². The van der Waals surface area contributed by atoms with Crippen LogP contribution >= 0.6 is 0 Å². The number of hydrogen-bond donors (Lipinski definition) is 1. The van der Waals surface area contributed by atoms with Gasteiger partial charge in [0.25, 0.3) is 0 Å². The molecule has 92 valence electrons. The van der Waals surface area contributed by atoms with E-state index in [1.807, 2.05) is 30.0 Å². The van der Waals surface area contributed by atoms with Crippen molar-refractivity contribution in [3.8, 4) is 0 Å². The maximum absolute atomic E-state index is 12.1. The predicted octanol–water partition coefficient (Wildman–Crippen LogP) is 2.69. The molecule has 17 heavy (non-hydrogen) atoms. The van der Waals surface area contributed by atoms with Gasteiger partial charge in [-0.05, 0) is 42.5 Å². The van der Waals surface area contributed by atoms with Crippen LogP contribution in [0.3, 0.4) is 0 Å². The van der Waals surface area contributed by atoms with E-state index in [2.05, 4.69) is 13.8 Å². The van der Waals surface area contributed by atoms with Crippen LogP contribution in [0.5, 0.6) is 0 Å². The fourth-order valence-electron chi connectivity index (χ4n) is 2.50. The molecular formula is C14H20N2O. The van der Waals surface area contributed by atoms with Gasteiger partial charge in [0.15, 0.2) is 0 Å². The molecule has 3 heteroatoms. The average molecular weight is 232 g/mol. The van der Waals surface area contributed by atoms with Crippen LogP contribution in [0.4, 0.5) is 11.4 Å². The Balaban J connectivity index is 2.62. The van der Waals surface area contributed by atoms with E-state index >= 15 is 0 Å². The second-order valence-electron chi connectivity index (χ2n) is 5.30. The van der Waals surface area contributed by atoms with E-state index in [9.17, 15) is 4.79 Å². The lowest BCUT2D eigenvalue weighted by molar-refractivity contribution is -0.118. The van der Waals surface area contributed by atoms with Crippen LogP contribution in [0.1, 0.15) is 39.2 Å². The van der Waals surface area contributed by atoms with E-state index in [4.69, 9.17) is 5.73 Å². The first-order valence-corrected chi connectivity index (χ1v) is 6.16. The summed E-state index contributed by atoms with van der Waals surface area (Å²) in [7, 11) is 0. The highest BCUT2D eigenvalue weighted by Crippen LogP contribution is 2.39. The fraction of sp³-hybridized carbons (Fsp3) is 0.500. The van der Waals surface area contributed by atoms with Gasteiger partial charge in [-0.3, -0.25) is 4.79 Å². The predicted molar refractivity (Wildman–Crippen MR) is 71.1 cm³/mol. The van der Waals surface area contributed by atoms with E-state index in [0.717, 1.165) is 17.8 Å². The highest BCUT2D eigenvalue weighted by Gasteiger charge is 2.32. The third-order valence-corrected chi connectivity index (χ3v) is 3.62. The molecule has 1 heterocycles. The Morgan fingerprint density at radius 3 is 2.76 bits per heavy atom. The number of nitrogens with two attached hydrogens (primary N) is 1. The summed E-state index contributed by atoms with van der Waals surface area (Å²) in [6.07, 6.45) is 1.48. The molecule has 0 saturated heterocycles. The number of carbonyl (C=O) groups excluding carboxylic acids is 1. The van der Waals surface area contributed by atoms with Crippen molar-refractivity contribution in [3.63, 3.8) is 0 Å². The zero-order chi connectivity index (χ0) is 12.6. The molecule has 0 radical (unpaired) electrons. The summed E-state index contributed by atoms with van der Waals surface area (Å²) in [5.41, 5.74) is 8.85. The molecule has 0 spiro atoms. The number of hydrogen-bond acceptors (Lipinski definition) is 2. The van der Waals surface area contributed by atoms with Crippen molar-refractivity contribution in [2.24, 2.45) is 0 Å². The zero-order valence-corrected chi connectivity index (χ0v) is 10.8. The van der Waals surface area contributed by atoms with Gasteiger partial charge in [-0.2, -0.15) is 0 Å². The van der Waals surface area contributed by atoms with Gasteiger partial charge < -0.3 is 10.6 Å². The van der Waals surface area contributed by atoms with Gasteiger partial charge in [-0.25, -0.2) is 0 Å². The fourth-order valence-corrected chi connectivity index (χ4v) is 2.50. The first kappa shape index (κ1) is 12.0. The first-order chi connectivity index (χ1) is 7.95. The van der Waals surface area contributed by atoms with Gasteiger partial charge in [0.2, 0.25) is 5.91 Å². The van der Waals surface area contributed by atoms with Crippen LogP contribution in [0, 0.1) is 0 Å². The van der Waals surface area contributed by atoms with Gasteiger partial charge >= 0.3 is 0 Å². The summed E-state index contributed by atoms with van der Waals surface area (Å²) in [5.74, 6) is 0.212. The van der Waals surface area contributed by atoms with Crippen LogP contribution < -0.4 is 10.6 Å². The smallest absolute Gasteiger partial charge is 0.227 e. The van der Waals surface area contributed by atoms with Crippen molar-refractivity contribution < 1.29 is 4.79 Å².